The minimum absolute atomic E-state index is 0.171. The molecule has 0 bridgehead atoms. The van der Waals surface area contributed by atoms with Gasteiger partial charge in [-0.3, -0.25) is 4.79 Å². The number of ether oxygens (including phenoxy) is 1. The molecule has 2 unspecified atom stereocenters. The third-order valence-electron chi connectivity index (χ3n) is 3.15. The van der Waals surface area contributed by atoms with Gasteiger partial charge in [0.25, 0.3) is 5.91 Å². The van der Waals surface area contributed by atoms with Crippen LogP contribution in [0.3, 0.4) is 0 Å². The average molecular weight is 290 g/mol. The molecule has 2 atom stereocenters. The first-order chi connectivity index (χ1) is 9.93. The molecule has 1 amide bonds. The molecule has 0 saturated heterocycles. The number of benzene rings is 1. The van der Waals surface area contributed by atoms with E-state index in [1.807, 2.05) is 19.9 Å². The van der Waals surface area contributed by atoms with E-state index in [2.05, 4.69) is 5.32 Å². The van der Waals surface area contributed by atoms with Crippen molar-refractivity contribution >= 4 is 5.91 Å². The van der Waals surface area contributed by atoms with E-state index in [9.17, 15) is 9.90 Å². The van der Waals surface area contributed by atoms with Crippen LogP contribution in [0.4, 0.5) is 0 Å². The Morgan fingerprint density at radius 3 is 2.76 bits per heavy atom. The highest BCUT2D eigenvalue weighted by Crippen LogP contribution is 2.14. The van der Waals surface area contributed by atoms with Gasteiger partial charge in [-0.25, -0.2) is 0 Å². The van der Waals surface area contributed by atoms with Crippen molar-refractivity contribution in [1.82, 2.24) is 5.32 Å². The second-order valence-electron chi connectivity index (χ2n) is 5.29. The number of nitrogens with one attached hydrogen (secondary N) is 1. The standard InChI is InChI=1S/C16H22N2O3/c1-11(2)15(19)7-8-18-16(20)12(3)21-14-6-4-5-13(9-14)10-17/h4-6,9,11-12,15,19H,7-8H2,1-3H3,(H,18,20). The predicted octanol–water partition coefficient (Wildman–Crippen LogP) is 1.85. The summed E-state index contributed by atoms with van der Waals surface area (Å²) in [6, 6.07) is 8.69. The number of nitriles is 1. The normalized spacial score (nSPS) is 13.3. The van der Waals surface area contributed by atoms with Crippen molar-refractivity contribution < 1.29 is 14.6 Å². The summed E-state index contributed by atoms with van der Waals surface area (Å²) in [5, 5.41) is 21.2. The molecule has 2 N–H and O–H groups in total. The van der Waals surface area contributed by atoms with Gasteiger partial charge in [0.05, 0.1) is 17.7 Å². The van der Waals surface area contributed by atoms with Crippen LogP contribution in [-0.4, -0.2) is 29.8 Å². The number of rotatable bonds is 7. The number of carbonyl (C=O) groups excluding carboxylic acids is 1. The molecular weight excluding hydrogens is 268 g/mol. The molecule has 0 aliphatic rings. The fraction of sp³-hybridized carbons (Fsp3) is 0.500. The molecule has 1 aromatic rings. The minimum Gasteiger partial charge on any atom is -0.481 e. The van der Waals surface area contributed by atoms with E-state index >= 15 is 0 Å². The third-order valence-corrected chi connectivity index (χ3v) is 3.15. The monoisotopic (exact) mass is 290 g/mol. The molecule has 0 aromatic heterocycles. The zero-order valence-electron chi connectivity index (χ0n) is 12.7. The molecule has 0 aliphatic carbocycles. The lowest BCUT2D eigenvalue weighted by molar-refractivity contribution is -0.127. The topological polar surface area (TPSA) is 82.3 Å². The van der Waals surface area contributed by atoms with Crippen LogP contribution in [0.5, 0.6) is 5.75 Å². The molecule has 0 aliphatic heterocycles. The van der Waals surface area contributed by atoms with E-state index in [4.69, 9.17) is 10.00 Å². The highest BCUT2D eigenvalue weighted by Gasteiger charge is 2.15. The maximum atomic E-state index is 11.9. The van der Waals surface area contributed by atoms with Crippen LogP contribution >= 0.6 is 0 Å². The number of amides is 1. The lowest BCUT2D eigenvalue weighted by Gasteiger charge is -2.17. The van der Waals surface area contributed by atoms with Crippen molar-refractivity contribution in [2.75, 3.05) is 6.54 Å². The molecule has 0 saturated carbocycles. The van der Waals surface area contributed by atoms with E-state index in [0.717, 1.165) is 0 Å². The van der Waals surface area contributed by atoms with Gasteiger partial charge in [0.1, 0.15) is 5.75 Å². The molecule has 0 heterocycles. The maximum Gasteiger partial charge on any atom is 0.260 e. The molecule has 0 radical (unpaired) electrons. The van der Waals surface area contributed by atoms with Gasteiger partial charge in [0.2, 0.25) is 0 Å². The highest BCUT2D eigenvalue weighted by molar-refractivity contribution is 5.80. The lowest BCUT2D eigenvalue weighted by atomic mass is 10.0. The fourth-order valence-corrected chi connectivity index (χ4v) is 1.72. The molecule has 1 rings (SSSR count). The summed E-state index contributed by atoms with van der Waals surface area (Å²) in [4.78, 5) is 11.9. The first-order valence-electron chi connectivity index (χ1n) is 7.06. The summed E-state index contributed by atoms with van der Waals surface area (Å²) in [6.07, 6.45) is -0.566. The summed E-state index contributed by atoms with van der Waals surface area (Å²) < 4.78 is 5.50. The zero-order valence-corrected chi connectivity index (χ0v) is 12.7. The Morgan fingerprint density at radius 1 is 1.43 bits per heavy atom. The van der Waals surface area contributed by atoms with E-state index in [1.54, 1.807) is 31.2 Å². The van der Waals surface area contributed by atoms with Gasteiger partial charge in [0.15, 0.2) is 6.10 Å². The van der Waals surface area contributed by atoms with Crippen LogP contribution in [0.15, 0.2) is 24.3 Å². The number of hydrogen-bond donors (Lipinski definition) is 2. The first-order valence-corrected chi connectivity index (χ1v) is 7.06. The molecule has 5 heteroatoms. The van der Waals surface area contributed by atoms with Crippen LogP contribution in [0, 0.1) is 17.2 Å². The predicted molar refractivity (Wildman–Crippen MR) is 79.7 cm³/mol. The zero-order chi connectivity index (χ0) is 15.8. The van der Waals surface area contributed by atoms with Crippen LogP contribution in [0.25, 0.3) is 0 Å². The van der Waals surface area contributed by atoms with Crippen LogP contribution in [-0.2, 0) is 4.79 Å². The van der Waals surface area contributed by atoms with Gasteiger partial charge in [-0.2, -0.15) is 5.26 Å². The Balaban J connectivity index is 2.42. The van der Waals surface area contributed by atoms with Crippen molar-refractivity contribution in [2.45, 2.75) is 39.4 Å². The largest absolute Gasteiger partial charge is 0.481 e. The smallest absolute Gasteiger partial charge is 0.260 e. The van der Waals surface area contributed by atoms with Gasteiger partial charge in [-0.15, -0.1) is 0 Å². The van der Waals surface area contributed by atoms with Gasteiger partial charge in [0, 0.05) is 6.54 Å². The van der Waals surface area contributed by atoms with Crippen LogP contribution in [0.2, 0.25) is 0 Å². The van der Waals surface area contributed by atoms with Gasteiger partial charge in [-0.1, -0.05) is 19.9 Å². The van der Waals surface area contributed by atoms with Crippen molar-refractivity contribution in [1.29, 1.82) is 5.26 Å². The maximum absolute atomic E-state index is 11.9. The second-order valence-corrected chi connectivity index (χ2v) is 5.29. The Kier molecular flexibility index (Phi) is 6.70. The number of aliphatic hydroxyl groups excluding tert-OH is 1. The Bertz CT molecular complexity index is 508. The summed E-state index contributed by atoms with van der Waals surface area (Å²) in [6.45, 7) is 5.91. The number of carbonyl (C=O) groups is 1. The van der Waals surface area contributed by atoms with Gasteiger partial charge in [-0.05, 0) is 37.5 Å². The van der Waals surface area contributed by atoms with E-state index in [-0.39, 0.29) is 11.8 Å². The molecule has 1 aromatic carbocycles. The highest BCUT2D eigenvalue weighted by atomic mass is 16.5. The third kappa shape index (κ3) is 5.84. The Labute approximate surface area is 125 Å². The molecule has 114 valence electrons. The number of aliphatic hydroxyl groups is 1. The molecule has 5 nitrogen and oxygen atoms in total. The number of nitrogens with zero attached hydrogens (tertiary/aromatic N) is 1. The molecule has 21 heavy (non-hydrogen) atoms. The molecule has 0 fully saturated rings. The van der Waals surface area contributed by atoms with Gasteiger partial charge >= 0.3 is 0 Å². The summed E-state index contributed by atoms with van der Waals surface area (Å²) in [5.74, 6) is 0.413. The minimum atomic E-state index is -0.657. The van der Waals surface area contributed by atoms with Crippen LogP contribution < -0.4 is 10.1 Å². The van der Waals surface area contributed by atoms with E-state index in [0.29, 0.717) is 24.3 Å². The van der Waals surface area contributed by atoms with Gasteiger partial charge < -0.3 is 15.2 Å². The fourth-order valence-electron chi connectivity index (χ4n) is 1.72. The molecule has 0 spiro atoms. The Hall–Kier alpha value is -2.06. The number of hydrogen-bond acceptors (Lipinski definition) is 4. The van der Waals surface area contributed by atoms with Crippen molar-refractivity contribution in [3.63, 3.8) is 0 Å². The quantitative estimate of drug-likeness (QED) is 0.803. The van der Waals surface area contributed by atoms with E-state index in [1.165, 1.54) is 0 Å². The van der Waals surface area contributed by atoms with Crippen LogP contribution in [0.1, 0.15) is 32.8 Å². The average Bonchev–Trinajstić information content (AvgIpc) is 2.46. The Morgan fingerprint density at radius 2 is 2.14 bits per heavy atom. The summed E-state index contributed by atoms with van der Waals surface area (Å²) in [7, 11) is 0. The summed E-state index contributed by atoms with van der Waals surface area (Å²) >= 11 is 0. The lowest BCUT2D eigenvalue weighted by Crippen LogP contribution is -2.38. The van der Waals surface area contributed by atoms with Crippen molar-refractivity contribution in [3.05, 3.63) is 29.8 Å². The second kappa shape index (κ2) is 8.28. The molecular formula is C16H22N2O3. The first kappa shape index (κ1) is 17.0. The summed E-state index contributed by atoms with van der Waals surface area (Å²) in [5.41, 5.74) is 0.486. The van der Waals surface area contributed by atoms with Crippen molar-refractivity contribution in [2.24, 2.45) is 5.92 Å². The van der Waals surface area contributed by atoms with Crippen molar-refractivity contribution in [3.8, 4) is 11.8 Å². The SMILES string of the molecule is CC(Oc1cccc(C#N)c1)C(=O)NCCC(O)C(C)C. The van der Waals surface area contributed by atoms with E-state index < -0.39 is 12.2 Å².